The molecule has 0 aliphatic carbocycles. The average molecular weight is 290 g/mol. The summed E-state index contributed by atoms with van der Waals surface area (Å²) in [6, 6.07) is 0. The summed E-state index contributed by atoms with van der Waals surface area (Å²) in [6.07, 6.45) is 1.72. The average Bonchev–Trinajstić information content (AvgIpc) is 1.98. The fourth-order valence-corrected chi connectivity index (χ4v) is 0.352. The summed E-state index contributed by atoms with van der Waals surface area (Å²) >= 11 is 0. The molecule has 19 heavy (non-hydrogen) atoms. The molecule has 0 aliphatic heterocycles. The molecule has 8 heteroatoms. The van der Waals surface area contributed by atoms with Gasteiger partial charge in [-0.2, -0.15) is 0 Å². The van der Waals surface area contributed by atoms with Crippen LogP contribution in [0.3, 0.4) is 0 Å². The first-order chi connectivity index (χ1) is 7.97. The summed E-state index contributed by atoms with van der Waals surface area (Å²) < 4.78 is 0. The molecule has 108 valence electrons. The maximum absolute atomic E-state index is 10.0. The van der Waals surface area contributed by atoms with Gasteiger partial charge in [0.15, 0.2) is 0 Å². The van der Waals surface area contributed by atoms with Crippen LogP contribution in [0.4, 0.5) is 0 Å². The summed E-state index contributed by atoms with van der Waals surface area (Å²) in [5.74, 6) is -2.96. The predicted molar refractivity (Wildman–Crippen MR) is 63.4 cm³/mol. The van der Waals surface area contributed by atoms with Crippen molar-refractivity contribution >= 4 is 41.1 Å². The molecule has 0 unspecified atom stereocenters. The van der Waals surface area contributed by atoms with Gasteiger partial charge in [-0.1, -0.05) is 6.92 Å². The van der Waals surface area contributed by atoms with E-state index in [1.54, 1.807) is 6.92 Å². The van der Waals surface area contributed by atoms with E-state index in [2.05, 4.69) is 0 Å². The van der Waals surface area contributed by atoms with E-state index < -0.39 is 17.9 Å². The van der Waals surface area contributed by atoms with Crippen LogP contribution in [0.15, 0.2) is 0 Å². The third-order valence-corrected chi connectivity index (χ3v) is 0.602. The van der Waals surface area contributed by atoms with Crippen molar-refractivity contribution in [2.45, 2.75) is 47.5 Å². The minimum atomic E-state index is -1.08. The number of carbonyl (C=O) groups is 4. The minimum absolute atomic E-state index is 0. The molecule has 0 saturated carbocycles. The van der Waals surface area contributed by atoms with Crippen LogP contribution in [0.5, 0.6) is 0 Å². The Bertz CT molecular complexity index is 211. The van der Waals surface area contributed by atoms with Gasteiger partial charge in [0, 0.05) is 24.3 Å². The number of carboxylic acid groups (broad SMARTS) is 3. The fourth-order valence-electron chi connectivity index (χ4n) is 0.352. The molecule has 0 rings (SSSR count). The Labute approximate surface area is 123 Å². The van der Waals surface area contributed by atoms with E-state index in [9.17, 15) is 4.79 Å². The number of hydrogen-bond donors (Lipinski definition) is 0. The summed E-state index contributed by atoms with van der Waals surface area (Å²) in [5, 5.41) is 26.7. The Kier molecular flexibility index (Phi) is 40.9. The monoisotopic (exact) mass is 290 g/mol. The second-order valence-electron chi connectivity index (χ2n) is 2.93. The first kappa shape index (κ1) is 30.6. The van der Waals surface area contributed by atoms with E-state index in [-0.39, 0.29) is 23.1 Å². The van der Waals surface area contributed by atoms with Crippen LogP contribution in [0.2, 0.25) is 0 Å². The van der Waals surface area contributed by atoms with E-state index in [1.807, 2.05) is 6.92 Å². The largest absolute Gasteiger partial charge is 3.00 e. The molecule has 0 heterocycles. The van der Waals surface area contributed by atoms with Gasteiger partial charge in [-0.15, -0.1) is 0 Å². The molecular formula is C11H19AlO7. The number of carboxylic acids is 3. The molecule has 0 spiro atoms. The van der Waals surface area contributed by atoms with Crippen molar-refractivity contribution in [2.24, 2.45) is 0 Å². The zero-order valence-electron chi connectivity index (χ0n) is 11.8. The summed E-state index contributed by atoms with van der Waals surface area (Å²) in [5.41, 5.74) is 0. The van der Waals surface area contributed by atoms with Crippen LogP contribution in [0, 0.1) is 0 Å². The Balaban J connectivity index is -0.0000000459. The topological polar surface area (TPSA) is 137 Å². The van der Waals surface area contributed by atoms with Crippen molar-refractivity contribution < 1.29 is 34.5 Å². The van der Waals surface area contributed by atoms with Gasteiger partial charge in [0.25, 0.3) is 0 Å². The molecule has 0 bridgehead atoms. The van der Waals surface area contributed by atoms with Crippen molar-refractivity contribution in [3.8, 4) is 0 Å². The van der Waals surface area contributed by atoms with Crippen LogP contribution in [-0.2, 0) is 19.2 Å². The number of ketones is 1. The Morgan fingerprint density at radius 1 is 0.737 bits per heavy atom. The van der Waals surface area contributed by atoms with Gasteiger partial charge in [0.2, 0.25) is 0 Å². The standard InChI is InChI=1S/C5H10O.3C2H4O2.Al/c1-3-4-5(2)6;3*1-2(3)4;/h3-4H2,1-2H3;3*1H3,(H,3,4);/q;;;;+3/p-3. The van der Waals surface area contributed by atoms with Gasteiger partial charge >= 0.3 is 17.4 Å². The molecule has 0 N–H and O–H groups in total. The van der Waals surface area contributed by atoms with Crippen LogP contribution in [0.25, 0.3) is 0 Å². The maximum atomic E-state index is 10.0. The van der Waals surface area contributed by atoms with Gasteiger partial charge in [0.1, 0.15) is 5.78 Å². The van der Waals surface area contributed by atoms with Crippen molar-refractivity contribution in [2.75, 3.05) is 0 Å². The Morgan fingerprint density at radius 2 is 0.895 bits per heavy atom. The van der Waals surface area contributed by atoms with Crippen LogP contribution >= 0.6 is 0 Å². The van der Waals surface area contributed by atoms with E-state index in [0.29, 0.717) is 0 Å². The van der Waals surface area contributed by atoms with Gasteiger partial charge in [-0.05, 0) is 34.1 Å². The maximum Gasteiger partial charge on any atom is 3.00 e. The van der Waals surface area contributed by atoms with Crippen molar-refractivity contribution in [3.05, 3.63) is 0 Å². The zero-order valence-corrected chi connectivity index (χ0v) is 13.0. The normalized spacial score (nSPS) is 6.58. The Hall–Kier alpha value is -1.39. The van der Waals surface area contributed by atoms with Crippen LogP contribution in [0.1, 0.15) is 47.5 Å². The SMILES string of the molecule is CC(=O)[O-].CC(=O)[O-].CC(=O)[O-].CCCC(C)=O.[Al+3]. The van der Waals surface area contributed by atoms with E-state index in [4.69, 9.17) is 29.7 Å². The van der Waals surface area contributed by atoms with Crippen LogP contribution < -0.4 is 15.3 Å². The molecular weight excluding hydrogens is 271 g/mol. The van der Waals surface area contributed by atoms with Crippen molar-refractivity contribution in [1.29, 1.82) is 0 Å². The third kappa shape index (κ3) is 1360. The second kappa shape index (κ2) is 25.5. The predicted octanol–water partition coefficient (Wildman–Crippen LogP) is -2.74. The molecule has 0 amide bonds. The quantitative estimate of drug-likeness (QED) is 0.503. The van der Waals surface area contributed by atoms with E-state index in [1.165, 1.54) is 0 Å². The molecule has 0 saturated heterocycles. The van der Waals surface area contributed by atoms with E-state index in [0.717, 1.165) is 33.6 Å². The summed E-state index contributed by atoms with van der Waals surface area (Å²) in [6.45, 7) is 6.53. The number of aliphatic carboxylic acids is 3. The molecule has 0 radical (unpaired) electrons. The fraction of sp³-hybridized carbons (Fsp3) is 0.636. The first-order valence-electron chi connectivity index (χ1n) is 4.99. The van der Waals surface area contributed by atoms with Gasteiger partial charge < -0.3 is 34.5 Å². The zero-order chi connectivity index (χ0) is 15.7. The molecule has 0 atom stereocenters. The summed E-state index contributed by atoms with van der Waals surface area (Å²) in [7, 11) is 0. The molecule has 0 aromatic heterocycles. The van der Waals surface area contributed by atoms with Gasteiger partial charge in [0.05, 0.1) is 0 Å². The molecule has 0 aromatic carbocycles. The van der Waals surface area contributed by atoms with Gasteiger partial charge in [-0.25, -0.2) is 0 Å². The molecule has 7 nitrogen and oxygen atoms in total. The number of carbonyl (C=O) groups excluding carboxylic acids is 4. The first-order valence-corrected chi connectivity index (χ1v) is 4.99. The number of Topliss-reactive ketones (excluding diaryl/α,β-unsaturated/α-hetero) is 1. The summed E-state index contributed by atoms with van der Waals surface area (Å²) in [4.78, 5) is 36.7. The third-order valence-electron chi connectivity index (χ3n) is 0.602. The Morgan fingerprint density at radius 3 is 0.895 bits per heavy atom. The number of hydrogen-bond acceptors (Lipinski definition) is 7. The smallest absolute Gasteiger partial charge is 0.550 e. The second-order valence-corrected chi connectivity index (χ2v) is 2.93. The molecule has 0 aromatic rings. The molecule has 0 fully saturated rings. The van der Waals surface area contributed by atoms with Crippen LogP contribution in [-0.4, -0.2) is 41.1 Å². The van der Waals surface area contributed by atoms with Crippen molar-refractivity contribution in [1.82, 2.24) is 0 Å². The number of rotatable bonds is 2. The molecule has 0 aliphatic rings. The van der Waals surface area contributed by atoms with Gasteiger partial charge in [-0.3, -0.25) is 0 Å². The van der Waals surface area contributed by atoms with Crippen molar-refractivity contribution in [3.63, 3.8) is 0 Å². The minimum Gasteiger partial charge on any atom is -0.550 e. The van der Waals surface area contributed by atoms with E-state index >= 15 is 0 Å².